The third-order valence-electron chi connectivity index (χ3n) is 5.14. The normalized spacial score (nSPS) is 24.7. The molecule has 5 heteroatoms. The molecule has 5 nitrogen and oxygen atoms in total. The van der Waals surface area contributed by atoms with E-state index in [1.54, 1.807) is 0 Å². The van der Waals surface area contributed by atoms with E-state index in [1.165, 1.54) is 5.69 Å². The van der Waals surface area contributed by atoms with Crippen molar-refractivity contribution in [2.24, 2.45) is 18.9 Å². The smallest absolute Gasteiger partial charge is 0.226 e. The second kappa shape index (κ2) is 6.65. The molecule has 2 aliphatic heterocycles. The highest BCUT2D eigenvalue weighted by Crippen LogP contribution is 2.30. The highest BCUT2D eigenvalue weighted by Gasteiger charge is 2.33. The zero-order valence-electron chi connectivity index (χ0n) is 13.6. The van der Waals surface area contributed by atoms with Crippen molar-refractivity contribution in [3.63, 3.8) is 0 Å². The van der Waals surface area contributed by atoms with Crippen LogP contribution in [0.15, 0.2) is 24.4 Å². The van der Waals surface area contributed by atoms with Gasteiger partial charge >= 0.3 is 0 Å². The van der Waals surface area contributed by atoms with Crippen LogP contribution in [0.4, 0.5) is 0 Å². The average molecular weight is 302 g/mol. The number of allylic oxidation sites excluding steroid dienone is 1. The van der Waals surface area contributed by atoms with Gasteiger partial charge in [0.25, 0.3) is 0 Å². The molecule has 1 unspecified atom stereocenters. The van der Waals surface area contributed by atoms with Gasteiger partial charge in [-0.2, -0.15) is 5.10 Å². The van der Waals surface area contributed by atoms with Crippen LogP contribution in [-0.2, 0) is 18.4 Å². The van der Waals surface area contributed by atoms with Crippen molar-refractivity contribution in [2.45, 2.75) is 25.8 Å². The molecule has 0 saturated carbocycles. The fourth-order valence-electron chi connectivity index (χ4n) is 3.64. The number of rotatable bonds is 3. The minimum Gasteiger partial charge on any atom is -0.342 e. The molecule has 120 valence electrons. The van der Waals surface area contributed by atoms with Gasteiger partial charge in [-0.1, -0.05) is 12.2 Å². The van der Waals surface area contributed by atoms with Gasteiger partial charge in [-0.05, 0) is 44.3 Å². The number of likely N-dealkylation sites (tertiary alicyclic amines) is 1. The molecule has 0 N–H and O–H groups in total. The predicted octanol–water partition coefficient (Wildman–Crippen LogP) is 1.67. The summed E-state index contributed by atoms with van der Waals surface area (Å²) in [4.78, 5) is 16.8. The largest absolute Gasteiger partial charge is 0.342 e. The number of piperidine rings is 1. The number of aromatic nitrogens is 2. The third-order valence-corrected chi connectivity index (χ3v) is 5.14. The van der Waals surface area contributed by atoms with Crippen molar-refractivity contribution < 1.29 is 4.79 Å². The molecule has 1 aromatic heterocycles. The molecule has 1 atom stereocenters. The molecule has 3 heterocycles. The monoisotopic (exact) mass is 302 g/mol. The Morgan fingerprint density at radius 1 is 1.23 bits per heavy atom. The van der Waals surface area contributed by atoms with E-state index < -0.39 is 0 Å². The summed E-state index contributed by atoms with van der Waals surface area (Å²) >= 11 is 0. The van der Waals surface area contributed by atoms with E-state index in [0.29, 0.717) is 11.8 Å². The fourth-order valence-corrected chi connectivity index (χ4v) is 3.64. The first-order chi connectivity index (χ1) is 10.6. The molecule has 3 rings (SSSR count). The van der Waals surface area contributed by atoms with Crippen LogP contribution in [0.5, 0.6) is 0 Å². The second-order valence-electron chi connectivity index (χ2n) is 6.59. The van der Waals surface area contributed by atoms with E-state index in [1.807, 2.05) is 29.9 Å². The highest BCUT2D eigenvalue weighted by molar-refractivity contribution is 5.79. The Morgan fingerprint density at radius 3 is 2.68 bits per heavy atom. The summed E-state index contributed by atoms with van der Waals surface area (Å²) in [6.45, 7) is 3.87. The van der Waals surface area contributed by atoms with Gasteiger partial charge in [-0.15, -0.1) is 0 Å². The third kappa shape index (κ3) is 3.24. The number of carbonyl (C=O) groups is 1. The van der Waals surface area contributed by atoms with Crippen molar-refractivity contribution in [1.82, 2.24) is 19.6 Å². The van der Waals surface area contributed by atoms with Crippen molar-refractivity contribution in [1.29, 1.82) is 0 Å². The molecule has 0 aliphatic carbocycles. The number of likely N-dealkylation sites (N-methyl/N-ethyl adjacent to an activating group) is 1. The van der Waals surface area contributed by atoms with Crippen LogP contribution < -0.4 is 0 Å². The molecule has 1 aromatic rings. The summed E-state index contributed by atoms with van der Waals surface area (Å²) in [5.41, 5.74) is 1.26. The zero-order chi connectivity index (χ0) is 15.5. The highest BCUT2D eigenvalue weighted by atomic mass is 16.2. The van der Waals surface area contributed by atoms with Gasteiger partial charge in [-0.25, -0.2) is 0 Å². The van der Waals surface area contributed by atoms with Crippen LogP contribution in [0.25, 0.3) is 0 Å². The van der Waals surface area contributed by atoms with Crippen molar-refractivity contribution in [3.8, 4) is 0 Å². The van der Waals surface area contributed by atoms with Crippen LogP contribution in [0.1, 0.15) is 25.0 Å². The number of nitrogens with zero attached hydrogens (tertiary/aromatic N) is 4. The Kier molecular flexibility index (Phi) is 4.62. The van der Waals surface area contributed by atoms with E-state index in [4.69, 9.17) is 0 Å². The van der Waals surface area contributed by atoms with E-state index in [2.05, 4.69) is 28.2 Å². The van der Waals surface area contributed by atoms with Gasteiger partial charge in [0.1, 0.15) is 0 Å². The van der Waals surface area contributed by atoms with Crippen LogP contribution >= 0.6 is 0 Å². The first-order valence-electron chi connectivity index (χ1n) is 8.24. The summed E-state index contributed by atoms with van der Waals surface area (Å²) in [5.74, 6) is 1.04. The molecule has 1 saturated heterocycles. The van der Waals surface area contributed by atoms with Gasteiger partial charge in [0.05, 0.1) is 5.69 Å². The van der Waals surface area contributed by atoms with Gasteiger partial charge in [0, 0.05) is 39.3 Å². The molecule has 0 aromatic carbocycles. The standard InChI is InChI=1S/C17H26N4O/c1-19-10-4-3-5-16(17(19)22)14-7-11-21(12-8-14)13-15-6-9-18-20(15)2/h3-4,6,9,14,16H,5,7-8,10-13H2,1-2H3. The number of hydrogen-bond donors (Lipinski definition) is 0. The number of amides is 1. The van der Waals surface area contributed by atoms with Crippen molar-refractivity contribution in [2.75, 3.05) is 26.7 Å². The van der Waals surface area contributed by atoms with Crippen molar-refractivity contribution in [3.05, 3.63) is 30.1 Å². The lowest BCUT2D eigenvalue weighted by molar-refractivity contribution is -0.135. The summed E-state index contributed by atoms with van der Waals surface area (Å²) in [6, 6.07) is 2.08. The Labute approximate surface area is 132 Å². The number of carbonyl (C=O) groups excluding carboxylic acids is 1. The molecule has 1 fully saturated rings. The molecule has 1 amide bonds. The Bertz CT molecular complexity index is 543. The first kappa shape index (κ1) is 15.3. The number of hydrogen-bond acceptors (Lipinski definition) is 3. The predicted molar refractivity (Wildman–Crippen MR) is 86.1 cm³/mol. The summed E-state index contributed by atoms with van der Waals surface area (Å²) < 4.78 is 1.95. The molecule has 0 bridgehead atoms. The van der Waals surface area contributed by atoms with Crippen LogP contribution in [0, 0.1) is 11.8 Å². The van der Waals surface area contributed by atoms with Crippen molar-refractivity contribution >= 4 is 5.91 Å². The fraction of sp³-hybridized carbons (Fsp3) is 0.647. The SMILES string of the molecule is CN1CC=CCC(C2CCN(Cc3ccnn3C)CC2)C1=O. The van der Waals surface area contributed by atoms with Crippen LogP contribution in [0.3, 0.4) is 0 Å². The Morgan fingerprint density at radius 2 is 2.00 bits per heavy atom. The molecule has 0 radical (unpaired) electrons. The summed E-state index contributed by atoms with van der Waals surface area (Å²) in [6.07, 6.45) is 9.32. The van der Waals surface area contributed by atoms with E-state index in [-0.39, 0.29) is 5.92 Å². The molecule has 2 aliphatic rings. The summed E-state index contributed by atoms with van der Waals surface area (Å²) in [5, 5.41) is 4.23. The van der Waals surface area contributed by atoms with Gasteiger partial charge < -0.3 is 4.90 Å². The Balaban J connectivity index is 1.56. The minimum absolute atomic E-state index is 0.183. The number of aryl methyl sites for hydroxylation is 1. The lowest BCUT2D eigenvalue weighted by atomic mass is 9.81. The maximum atomic E-state index is 12.5. The Hall–Kier alpha value is -1.62. The van der Waals surface area contributed by atoms with Gasteiger partial charge in [0.2, 0.25) is 5.91 Å². The molecule has 22 heavy (non-hydrogen) atoms. The lowest BCUT2D eigenvalue weighted by Crippen LogP contribution is -2.41. The van der Waals surface area contributed by atoms with E-state index >= 15 is 0 Å². The molecular formula is C17H26N4O. The maximum Gasteiger partial charge on any atom is 0.226 e. The topological polar surface area (TPSA) is 41.4 Å². The van der Waals surface area contributed by atoms with E-state index in [9.17, 15) is 4.79 Å². The van der Waals surface area contributed by atoms with E-state index in [0.717, 1.165) is 45.4 Å². The quantitative estimate of drug-likeness (QED) is 0.798. The average Bonchev–Trinajstić information content (AvgIpc) is 2.84. The molecule has 0 spiro atoms. The van der Waals surface area contributed by atoms with Gasteiger partial charge in [-0.3, -0.25) is 14.4 Å². The zero-order valence-corrected chi connectivity index (χ0v) is 13.6. The maximum absolute atomic E-state index is 12.5. The van der Waals surface area contributed by atoms with Gasteiger partial charge in [0.15, 0.2) is 0 Å². The second-order valence-corrected chi connectivity index (χ2v) is 6.59. The first-order valence-corrected chi connectivity index (χ1v) is 8.24. The lowest BCUT2D eigenvalue weighted by Gasteiger charge is -2.35. The van der Waals surface area contributed by atoms with Crippen LogP contribution in [0.2, 0.25) is 0 Å². The molecular weight excluding hydrogens is 276 g/mol. The van der Waals surface area contributed by atoms with Crippen LogP contribution in [-0.4, -0.2) is 52.2 Å². The summed E-state index contributed by atoms with van der Waals surface area (Å²) in [7, 11) is 3.91. The minimum atomic E-state index is 0.183.